The topological polar surface area (TPSA) is 55.8 Å². The lowest BCUT2D eigenvalue weighted by atomic mass is 10.1. The molecule has 20 heavy (non-hydrogen) atoms. The van der Waals surface area contributed by atoms with Crippen molar-refractivity contribution in [3.8, 4) is 0 Å². The van der Waals surface area contributed by atoms with E-state index in [-0.39, 0.29) is 0 Å². The van der Waals surface area contributed by atoms with Crippen molar-refractivity contribution in [2.75, 3.05) is 19.0 Å². The van der Waals surface area contributed by atoms with Crippen molar-refractivity contribution in [1.82, 2.24) is 0 Å². The molecule has 0 saturated carbocycles. The van der Waals surface area contributed by atoms with Crippen LogP contribution in [0.3, 0.4) is 0 Å². The fourth-order valence-electron chi connectivity index (χ4n) is 1.72. The minimum atomic E-state index is -3.02. The third kappa shape index (κ3) is 6.42. The molecule has 1 atom stereocenters. The second-order valence-electron chi connectivity index (χ2n) is 4.18. The minimum Gasteiger partial charge on any atom is -0.388 e. The van der Waals surface area contributed by atoms with E-state index in [9.17, 15) is 9.67 Å². The molecule has 0 fully saturated rings. The van der Waals surface area contributed by atoms with Crippen LogP contribution in [0.5, 0.6) is 0 Å². The van der Waals surface area contributed by atoms with Gasteiger partial charge < -0.3 is 14.2 Å². The smallest absolute Gasteiger partial charge is 0.388 e. The molecule has 0 amide bonds. The first-order valence-corrected chi connectivity index (χ1v) is 10.0. The van der Waals surface area contributed by atoms with Gasteiger partial charge in [-0.05, 0) is 43.6 Å². The first kappa shape index (κ1) is 17.7. The Bertz CT molecular complexity index is 403. The molecule has 0 aromatic heterocycles. The normalized spacial score (nSPS) is 13.3. The Morgan fingerprint density at radius 2 is 1.80 bits per heavy atom. The van der Waals surface area contributed by atoms with Gasteiger partial charge in [0, 0.05) is 5.75 Å². The summed E-state index contributed by atoms with van der Waals surface area (Å²) < 4.78 is 22.6. The second-order valence-corrected chi connectivity index (χ2v) is 8.38. The van der Waals surface area contributed by atoms with E-state index in [2.05, 4.69) is 0 Å². The van der Waals surface area contributed by atoms with Crippen LogP contribution in [-0.4, -0.2) is 24.1 Å². The molecule has 4 nitrogen and oxygen atoms in total. The second kappa shape index (κ2) is 9.59. The van der Waals surface area contributed by atoms with Crippen molar-refractivity contribution in [1.29, 1.82) is 0 Å². The highest BCUT2D eigenvalue weighted by Gasteiger charge is 2.24. The molecule has 6 heteroatoms. The zero-order valence-electron chi connectivity index (χ0n) is 12.0. The van der Waals surface area contributed by atoms with Crippen LogP contribution in [-0.2, 0) is 13.6 Å². The van der Waals surface area contributed by atoms with Crippen LogP contribution in [0.4, 0.5) is 0 Å². The van der Waals surface area contributed by atoms with Gasteiger partial charge in [0.25, 0.3) is 0 Å². The largest absolute Gasteiger partial charge is 0.389 e. The maximum atomic E-state index is 12.2. The molecule has 0 heterocycles. The predicted molar refractivity (Wildman–Crippen MR) is 84.0 cm³/mol. The molecule has 1 aromatic rings. The third-order valence-corrected chi connectivity index (χ3v) is 6.70. The number of aliphatic hydroxyl groups excluding tert-OH is 1. The number of hydrogen-bond acceptors (Lipinski definition) is 5. The van der Waals surface area contributed by atoms with Crippen LogP contribution in [0.2, 0.25) is 0 Å². The molecule has 0 aliphatic carbocycles. The van der Waals surface area contributed by atoms with E-state index in [1.54, 1.807) is 13.8 Å². The quantitative estimate of drug-likeness (QED) is 0.511. The highest BCUT2D eigenvalue weighted by molar-refractivity contribution is 8.55. The summed E-state index contributed by atoms with van der Waals surface area (Å²) >= 11 is 1.21. The molecule has 1 aromatic carbocycles. The molecule has 0 radical (unpaired) electrons. The Morgan fingerprint density at radius 3 is 2.35 bits per heavy atom. The summed E-state index contributed by atoms with van der Waals surface area (Å²) in [6.45, 7) is 1.32. The summed E-state index contributed by atoms with van der Waals surface area (Å²) in [7, 11) is 0. The fourth-order valence-corrected chi connectivity index (χ4v) is 5.24. The van der Waals surface area contributed by atoms with Crippen molar-refractivity contribution in [2.24, 2.45) is 0 Å². The van der Waals surface area contributed by atoms with Gasteiger partial charge in [0.2, 0.25) is 0 Å². The number of benzene rings is 1. The van der Waals surface area contributed by atoms with E-state index in [0.717, 1.165) is 12.0 Å². The average molecular weight is 318 g/mol. The SMILES string of the molecule is CCOP(=O)(OCC)SCCC[C@@H](O)c1ccccc1. The van der Waals surface area contributed by atoms with Gasteiger partial charge in [-0.3, -0.25) is 0 Å². The minimum absolute atomic E-state index is 0.372. The summed E-state index contributed by atoms with van der Waals surface area (Å²) in [5, 5.41) is 10.0. The highest BCUT2D eigenvalue weighted by atomic mass is 32.7. The molecule has 0 bridgehead atoms. The third-order valence-electron chi connectivity index (χ3n) is 2.63. The van der Waals surface area contributed by atoms with Crippen LogP contribution < -0.4 is 0 Å². The van der Waals surface area contributed by atoms with Crippen LogP contribution in [0, 0.1) is 0 Å². The van der Waals surface area contributed by atoms with Gasteiger partial charge in [-0.1, -0.05) is 30.3 Å². The first-order valence-electron chi connectivity index (χ1n) is 6.88. The van der Waals surface area contributed by atoms with E-state index in [0.29, 0.717) is 25.4 Å². The zero-order chi connectivity index (χ0) is 14.8. The summed E-state index contributed by atoms with van der Waals surface area (Å²) in [6.07, 6.45) is 0.913. The lowest BCUT2D eigenvalue weighted by Gasteiger charge is -2.16. The Kier molecular flexibility index (Phi) is 8.50. The number of rotatable bonds is 10. The van der Waals surface area contributed by atoms with Gasteiger partial charge in [-0.2, -0.15) is 0 Å². The molecule has 0 aliphatic heterocycles. The van der Waals surface area contributed by atoms with Gasteiger partial charge in [0.1, 0.15) is 0 Å². The van der Waals surface area contributed by atoms with Crippen molar-refractivity contribution in [2.45, 2.75) is 32.8 Å². The molecule has 0 saturated heterocycles. The van der Waals surface area contributed by atoms with Crippen LogP contribution in [0.25, 0.3) is 0 Å². The Labute approximate surface area is 125 Å². The molecule has 114 valence electrons. The lowest BCUT2D eigenvalue weighted by Crippen LogP contribution is -1.98. The maximum absolute atomic E-state index is 12.2. The Hall–Kier alpha value is -0.320. The van der Waals surface area contributed by atoms with Crippen LogP contribution in [0.1, 0.15) is 38.4 Å². The monoisotopic (exact) mass is 318 g/mol. The van der Waals surface area contributed by atoms with Crippen molar-refractivity contribution in [3.63, 3.8) is 0 Å². The van der Waals surface area contributed by atoms with E-state index in [1.165, 1.54) is 11.4 Å². The summed E-state index contributed by atoms with van der Waals surface area (Å²) in [5.74, 6) is 0.640. The predicted octanol–water partition coefficient (Wildman–Crippen LogP) is 4.41. The van der Waals surface area contributed by atoms with Gasteiger partial charge >= 0.3 is 6.80 Å². The molecular formula is C14H23O4PS. The lowest BCUT2D eigenvalue weighted by molar-refractivity contribution is 0.167. The van der Waals surface area contributed by atoms with Gasteiger partial charge in [-0.15, -0.1) is 0 Å². The van der Waals surface area contributed by atoms with E-state index in [4.69, 9.17) is 9.05 Å². The standard InChI is InChI=1S/C14H23O4PS/c1-3-17-19(16,18-4-2)20-12-8-11-14(15)13-9-6-5-7-10-13/h5-7,9-10,14-15H,3-4,8,11-12H2,1-2H3/t14-/m1/s1. The molecule has 0 spiro atoms. The van der Waals surface area contributed by atoms with Gasteiger partial charge in [0.15, 0.2) is 0 Å². The van der Waals surface area contributed by atoms with Crippen LogP contribution in [0.15, 0.2) is 30.3 Å². The molecule has 1 rings (SSSR count). The van der Waals surface area contributed by atoms with Gasteiger partial charge in [0.05, 0.1) is 19.3 Å². The Balaban J connectivity index is 2.31. The van der Waals surface area contributed by atoms with Crippen LogP contribution >= 0.6 is 18.2 Å². The summed E-state index contributed by atoms with van der Waals surface area (Å²) in [5.41, 5.74) is 0.912. The van der Waals surface area contributed by atoms with Crippen molar-refractivity contribution in [3.05, 3.63) is 35.9 Å². The summed E-state index contributed by atoms with van der Waals surface area (Å²) in [6, 6.07) is 9.55. The Morgan fingerprint density at radius 1 is 1.20 bits per heavy atom. The highest BCUT2D eigenvalue weighted by Crippen LogP contribution is 2.60. The molecular weight excluding hydrogens is 295 g/mol. The molecule has 0 unspecified atom stereocenters. The van der Waals surface area contributed by atoms with E-state index < -0.39 is 12.9 Å². The first-order chi connectivity index (χ1) is 9.61. The van der Waals surface area contributed by atoms with Gasteiger partial charge in [-0.25, -0.2) is 4.57 Å². The zero-order valence-corrected chi connectivity index (χ0v) is 13.7. The molecule has 1 N–H and O–H groups in total. The maximum Gasteiger partial charge on any atom is 0.389 e. The van der Waals surface area contributed by atoms with Crippen molar-refractivity contribution < 1.29 is 18.7 Å². The summed E-state index contributed by atoms with van der Waals surface area (Å²) in [4.78, 5) is 0. The van der Waals surface area contributed by atoms with Crippen molar-refractivity contribution >= 4 is 18.2 Å². The average Bonchev–Trinajstić information content (AvgIpc) is 2.45. The number of aliphatic hydroxyl groups is 1. The number of hydrogen-bond donors (Lipinski definition) is 1. The van der Waals surface area contributed by atoms with E-state index in [1.807, 2.05) is 30.3 Å². The molecule has 0 aliphatic rings. The van der Waals surface area contributed by atoms with E-state index >= 15 is 0 Å². The fraction of sp³-hybridized carbons (Fsp3) is 0.571.